The quantitative estimate of drug-likeness (QED) is 0.412. The van der Waals surface area contributed by atoms with Crippen LogP contribution in [0.5, 0.6) is 0 Å². The Morgan fingerprint density at radius 3 is 2.75 bits per heavy atom. The van der Waals surface area contributed by atoms with Gasteiger partial charge in [-0.2, -0.15) is 12.6 Å². The third-order valence-electron chi connectivity index (χ3n) is 1.20. The van der Waals surface area contributed by atoms with E-state index in [2.05, 4.69) is 17.9 Å². The molecule has 0 heterocycles. The molecule has 46 valence electrons. The zero-order chi connectivity index (χ0) is 5.98. The van der Waals surface area contributed by atoms with Crippen LogP contribution in [-0.4, -0.2) is 11.8 Å². The van der Waals surface area contributed by atoms with Crippen LogP contribution in [-0.2, 0) is 4.79 Å². The molecule has 0 aromatic heterocycles. The summed E-state index contributed by atoms with van der Waals surface area (Å²) in [4.78, 5) is 10.6. The van der Waals surface area contributed by atoms with Gasteiger partial charge in [-0.15, -0.1) is 0 Å². The first kappa shape index (κ1) is 5.95. The van der Waals surface area contributed by atoms with E-state index in [1.807, 2.05) is 0 Å². The highest BCUT2D eigenvalue weighted by Crippen LogP contribution is 2.28. The minimum Gasteiger partial charge on any atom is -0.347 e. The smallest absolute Gasteiger partial charge is 0.223 e. The van der Waals surface area contributed by atoms with Crippen molar-refractivity contribution in [2.75, 3.05) is 5.88 Å². The summed E-state index contributed by atoms with van der Waals surface area (Å²) in [7, 11) is 0. The van der Waals surface area contributed by atoms with Gasteiger partial charge in [0.05, 0.1) is 5.88 Å². The average Bonchev–Trinajstić information content (AvgIpc) is 2.45. The van der Waals surface area contributed by atoms with Crippen molar-refractivity contribution in [2.24, 2.45) is 5.92 Å². The van der Waals surface area contributed by atoms with E-state index in [-0.39, 0.29) is 5.91 Å². The van der Waals surface area contributed by atoms with Gasteiger partial charge in [-0.3, -0.25) is 4.79 Å². The van der Waals surface area contributed by atoms with Crippen molar-refractivity contribution >= 4 is 18.5 Å². The summed E-state index contributed by atoms with van der Waals surface area (Å²) in [6.07, 6.45) is 2.14. The van der Waals surface area contributed by atoms with Gasteiger partial charge in [-0.25, -0.2) is 0 Å². The van der Waals surface area contributed by atoms with Crippen molar-refractivity contribution in [3.05, 3.63) is 0 Å². The van der Waals surface area contributed by atoms with Crippen molar-refractivity contribution in [3.63, 3.8) is 0 Å². The van der Waals surface area contributed by atoms with Crippen molar-refractivity contribution in [1.82, 2.24) is 5.32 Å². The minimum atomic E-state index is 0.167. The summed E-state index contributed by atoms with van der Waals surface area (Å²) < 4.78 is 0. The molecule has 1 aliphatic rings. The summed E-state index contributed by atoms with van der Waals surface area (Å²) in [6, 6.07) is 0. The highest BCUT2D eigenvalue weighted by Gasteiger charge is 2.28. The van der Waals surface area contributed by atoms with Crippen LogP contribution in [0.3, 0.4) is 0 Å². The fourth-order valence-corrected chi connectivity index (χ4v) is 0.724. The average molecular weight is 131 g/mol. The molecule has 0 aromatic rings. The number of nitrogens with one attached hydrogen (secondary N) is 1. The van der Waals surface area contributed by atoms with E-state index in [4.69, 9.17) is 0 Å². The van der Waals surface area contributed by atoms with Crippen LogP contribution in [0, 0.1) is 5.92 Å². The Balaban J connectivity index is 2.13. The zero-order valence-corrected chi connectivity index (χ0v) is 5.45. The molecular weight excluding hydrogens is 122 g/mol. The molecule has 0 radical (unpaired) electrons. The molecule has 0 atom stereocenters. The van der Waals surface area contributed by atoms with Gasteiger partial charge in [0.15, 0.2) is 0 Å². The summed E-state index contributed by atoms with van der Waals surface area (Å²) >= 11 is 3.85. The van der Waals surface area contributed by atoms with E-state index in [0.29, 0.717) is 11.8 Å². The summed E-state index contributed by atoms with van der Waals surface area (Å²) in [5, 5.41) is 2.63. The zero-order valence-electron chi connectivity index (χ0n) is 4.55. The molecule has 1 amide bonds. The Hall–Kier alpha value is -0.180. The molecule has 0 aliphatic heterocycles. The highest BCUT2D eigenvalue weighted by atomic mass is 32.1. The molecule has 8 heavy (non-hydrogen) atoms. The van der Waals surface area contributed by atoms with Crippen molar-refractivity contribution in [2.45, 2.75) is 12.8 Å². The number of amides is 1. The standard InChI is InChI=1S/C5H9NOS/c7-5(6-3-8)4-1-2-4/h4,8H,1-3H2,(H,6,7). The Bertz CT molecular complexity index is 101. The molecule has 1 rings (SSSR count). The Morgan fingerprint density at radius 2 is 2.38 bits per heavy atom. The van der Waals surface area contributed by atoms with Crippen LogP contribution in [0.1, 0.15) is 12.8 Å². The van der Waals surface area contributed by atoms with Gasteiger partial charge >= 0.3 is 0 Å². The van der Waals surface area contributed by atoms with Gasteiger partial charge in [0.2, 0.25) is 5.91 Å². The lowest BCUT2D eigenvalue weighted by atomic mass is 10.4. The molecule has 0 saturated heterocycles. The number of thiol groups is 1. The predicted octanol–water partition coefficient (Wildman–Crippen LogP) is 0.400. The van der Waals surface area contributed by atoms with E-state index in [1.54, 1.807) is 0 Å². The lowest BCUT2D eigenvalue weighted by Crippen LogP contribution is -2.22. The summed E-state index contributed by atoms with van der Waals surface area (Å²) in [6.45, 7) is 0. The largest absolute Gasteiger partial charge is 0.347 e. The normalized spacial score (nSPS) is 18.1. The van der Waals surface area contributed by atoms with Crippen LogP contribution < -0.4 is 5.32 Å². The number of carbonyl (C=O) groups is 1. The molecule has 2 nitrogen and oxygen atoms in total. The van der Waals surface area contributed by atoms with E-state index in [1.165, 1.54) is 0 Å². The van der Waals surface area contributed by atoms with Gasteiger partial charge in [-0.05, 0) is 12.8 Å². The second-order valence-electron chi connectivity index (χ2n) is 1.97. The number of hydrogen-bond donors (Lipinski definition) is 2. The Morgan fingerprint density at radius 1 is 1.75 bits per heavy atom. The number of rotatable bonds is 2. The molecular formula is C5H9NOS. The van der Waals surface area contributed by atoms with Gasteiger partial charge in [0.25, 0.3) is 0 Å². The molecule has 1 fully saturated rings. The highest BCUT2D eigenvalue weighted by molar-refractivity contribution is 7.80. The number of carbonyl (C=O) groups excluding carboxylic acids is 1. The fourth-order valence-electron chi connectivity index (χ4n) is 0.568. The summed E-state index contributed by atoms with van der Waals surface area (Å²) in [5.74, 6) is 0.956. The molecule has 1 aliphatic carbocycles. The monoisotopic (exact) mass is 131 g/mol. The Kier molecular flexibility index (Phi) is 1.78. The third-order valence-corrected chi connectivity index (χ3v) is 1.36. The second-order valence-corrected chi connectivity index (χ2v) is 2.29. The molecule has 1 N–H and O–H groups in total. The maximum atomic E-state index is 10.6. The van der Waals surface area contributed by atoms with Gasteiger partial charge in [0.1, 0.15) is 0 Å². The lowest BCUT2D eigenvalue weighted by Gasteiger charge is -1.95. The molecule has 3 heteroatoms. The lowest BCUT2D eigenvalue weighted by molar-refractivity contribution is -0.121. The third kappa shape index (κ3) is 1.40. The number of hydrogen-bond acceptors (Lipinski definition) is 2. The van der Waals surface area contributed by atoms with Gasteiger partial charge in [0, 0.05) is 5.92 Å². The van der Waals surface area contributed by atoms with Crippen LogP contribution in [0.15, 0.2) is 0 Å². The maximum absolute atomic E-state index is 10.6. The molecule has 0 spiro atoms. The molecule has 0 bridgehead atoms. The maximum Gasteiger partial charge on any atom is 0.223 e. The van der Waals surface area contributed by atoms with Gasteiger partial charge in [-0.1, -0.05) is 0 Å². The van der Waals surface area contributed by atoms with E-state index in [9.17, 15) is 4.79 Å². The molecule has 0 unspecified atom stereocenters. The SMILES string of the molecule is O=C(NCS)C1CC1. The topological polar surface area (TPSA) is 29.1 Å². The first-order valence-corrected chi connectivity index (χ1v) is 3.36. The molecule has 1 saturated carbocycles. The van der Waals surface area contributed by atoms with Crippen molar-refractivity contribution in [3.8, 4) is 0 Å². The Labute approximate surface area is 54.1 Å². The van der Waals surface area contributed by atoms with Crippen LogP contribution in [0.4, 0.5) is 0 Å². The molecule has 0 aromatic carbocycles. The summed E-state index contributed by atoms with van der Waals surface area (Å²) in [5.41, 5.74) is 0. The second kappa shape index (κ2) is 2.40. The van der Waals surface area contributed by atoms with E-state index < -0.39 is 0 Å². The van der Waals surface area contributed by atoms with Crippen LogP contribution in [0.2, 0.25) is 0 Å². The fraction of sp³-hybridized carbons (Fsp3) is 0.800. The van der Waals surface area contributed by atoms with Crippen molar-refractivity contribution in [1.29, 1.82) is 0 Å². The van der Waals surface area contributed by atoms with Crippen molar-refractivity contribution < 1.29 is 4.79 Å². The first-order chi connectivity index (χ1) is 3.84. The van der Waals surface area contributed by atoms with Gasteiger partial charge < -0.3 is 5.32 Å². The first-order valence-electron chi connectivity index (χ1n) is 2.73. The predicted molar refractivity (Wildman–Crippen MR) is 34.7 cm³/mol. The minimum absolute atomic E-state index is 0.167. The van der Waals surface area contributed by atoms with Crippen LogP contribution >= 0.6 is 12.6 Å². The van der Waals surface area contributed by atoms with E-state index in [0.717, 1.165) is 12.8 Å². The van der Waals surface area contributed by atoms with E-state index >= 15 is 0 Å². The van der Waals surface area contributed by atoms with Crippen LogP contribution in [0.25, 0.3) is 0 Å².